The van der Waals surface area contributed by atoms with Crippen molar-refractivity contribution in [3.8, 4) is 0 Å². The van der Waals surface area contributed by atoms with Crippen LogP contribution >= 0.6 is 0 Å². The normalized spacial score (nSPS) is 22.1. The van der Waals surface area contributed by atoms with E-state index in [1.165, 1.54) is 12.8 Å². The van der Waals surface area contributed by atoms with Gasteiger partial charge in [-0.15, -0.1) is 0 Å². The highest BCUT2D eigenvalue weighted by atomic mass is 16.5. The van der Waals surface area contributed by atoms with E-state index in [1.807, 2.05) is 19.2 Å². The molecule has 0 bridgehead atoms. The molecule has 0 saturated carbocycles. The molecule has 1 aromatic rings. The van der Waals surface area contributed by atoms with Gasteiger partial charge in [0, 0.05) is 32.4 Å². The molecule has 6 nitrogen and oxygen atoms in total. The standard InChI is InChI=1S/C17H26N4O2/c1-13(15-5-4-10-23-15)20-17(22)19-12-14-6-7-18-16(11-14)21-8-2-3-9-21/h6-7,11,13,15H,2-5,8-10,12H2,1H3,(H2,19,20,22)/t13-,15+/m1/s1. The Hall–Kier alpha value is -1.82. The second-order valence-electron chi connectivity index (χ2n) is 6.38. The van der Waals surface area contributed by atoms with E-state index < -0.39 is 0 Å². The SMILES string of the molecule is C[C@@H](NC(=O)NCc1ccnc(N2CCCC2)c1)[C@@H]1CCCO1. The summed E-state index contributed by atoms with van der Waals surface area (Å²) >= 11 is 0. The Morgan fingerprint density at radius 3 is 3.00 bits per heavy atom. The number of urea groups is 1. The summed E-state index contributed by atoms with van der Waals surface area (Å²) < 4.78 is 5.59. The maximum absolute atomic E-state index is 12.0. The number of nitrogens with one attached hydrogen (secondary N) is 2. The first-order valence-electron chi connectivity index (χ1n) is 8.58. The molecule has 3 rings (SSSR count). The molecule has 0 spiro atoms. The van der Waals surface area contributed by atoms with E-state index in [1.54, 1.807) is 0 Å². The van der Waals surface area contributed by atoms with E-state index >= 15 is 0 Å². The largest absolute Gasteiger partial charge is 0.376 e. The Morgan fingerprint density at radius 2 is 2.26 bits per heavy atom. The zero-order chi connectivity index (χ0) is 16.1. The van der Waals surface area contributed by atoms with Gasteiger partial charge < -0.3 is 20.3 Å². The van der Waals surface area contributed by atoms with Crippen LogP contribution in [0.1, 0.15) is 38.2 Å². The van der Waals surface area contributed by atoms with E-state index in [-0.39, 0.29) is 18.2 Å². The molecule has 2 saturated heterocycles. The second kappa shape index (κ2) is 7.64. The fourth-order valence-electron chi connectivity index (χ4n) is 3.22. The van der Waals surface area contributed by atoms with Crippen LogP contribution in [-0.2, 0) is 11.3 Å². The number of hydrogen-bond donors (Lipinski definition) is 2. The highest BCUT2D eigenvalue weighted by Crippen LogP contribution is 2.18. The van der Waals surface area contributed by atoms with Gasteiger partial charge in [-0.3, -0.25) is 0 Å². The predicted octanol–water partition coefficient (Wildman–Crippen LogP) is 2.05. The van der Waals surface area contributed by atoms with Gasteiger partial charge in [-0.25, -0.2) is 9.78 Å². The molecule has 2 fully saturated rings. The van der Waals surface area contributed by atoms with Gasteiger partial charge in [0.15, 0.2) is 0 Å². The minimum Gasteiger partial charge on any atom is -0.376 e. The quantitative estimate of drug-likeness (QED) is 0.872. The molecule has 0 aromatic carbocycles. The first-order chi connectivity index (χ1) is 11.2. The molecule has 3 heterocycles. The molecule has 23 heavy (non-hydrogen) atoms. The van der Waals surface area contributed by atoms with Gasteiger partial charge >= 0.3 is 6.03 Å². The van der Waals surface area contributed by atoms with Crippen LogP contribution in [0.25, 0.3) is 0 Å². The van der Waals surface area contributed by atoms with Gasteiger partial charge in [0.05, 0.1) is 12.1 Å². The third-order valence-corrected chi connectivity index (χ3v) is 4.57. The molecule has 0 unspecified atom stereocenters. The zero-order valence-electron chi connectivity index (χ0n) is 13.8. The summed E-state index contributed by atoms with van der Waals surface area (Å²) in [5.74, 6) is 1.01. The monoisotopic (exact) mass is 318 g/mol. The first-order valence-corrected chi connectivity index (χ1v) is 8.58. The number of anilines is 1. The lowest BCUT2D eigenvalue weighted by molar-refractivity contribution is 0.0860. The maximum Gasteiger partial charge on any atom is 0.315 e. The van der Waals surface area contributed by atoms with E-state index in [9.17, 15) is 4.79 Å². The minimum atomic E-state index is -0.146. The topological polar surface area (TPSA) is 66.5 Å². The fraction of sp³-hybridized carbons (Fsp3) is 0.647. The lowest BCUT2D eigenvalue weighted by Gasteiger charge is -2.20. The third-order valence-electron chi connectivity index (χ3n) is 4.57. The van der Waals surface area contributed by atoms with Gasteiger partial charge in [0.1, 0.15) is 5.82 Å². The number of carbonyl (C=O) groups is 1. The van der Waals surface area contributed by atoms with Gasteiger partial charge in [-0.2, -0.15) is 0 Å². The highest BCUT2D eigenvalue weighted by Gasteiger charge is 2.23. The maximum atomic E-state index is 12.0. The molecule has 2 aliphatic rings. The van der Waals surface area contributed by atoms with Crippen LogP contribution in [0.2, 0.25) is 0 Å². The average Bonchev–Trinajstić information content (AvgIpc) is 3.26. The number of amides is 2. The Balaban J connectivity index is 1.47. The van der Waals surface area contributed by atoms with Gasteiger partial charge in [0.2, 0.25) is 0 Å². The molecule has 0 radical (unpaired) electrons. The zero-order valence-corrected chi connectivity index (χ0v) is 13.8. The van der Waals surface area contributed by atoms with Gasteiger partial charge in [-0.1, -0.05) is 0 Å². The van der Waals surface area contributed by atoms with Crippen LogP contribution < -0.4 is 15.5 Å². The van der Waals surface area contributed by atoms with Crippen LogP contribution in [0.3, 0.4) is 0 Å². The van der Waals surface area contributed by atoms with Crippen molar-refractivity contribution in [2.24, 2.45) is 0 Å². The Bertz CT molecular complexity index is 525. The molecule has 6 heteroatoms. The molecule has 0 aliphatic carbocycles. The Kier molecular flexibility index (Phi) is 5.33. The summed E-state index contributed by atoms with van der Waals surface area (Å²) in [6.45, 7) is 5.45. The van der Waals surface area contributed by atoms with Crippen molar-refractivity contribution in [2.45, 2.75) is 51.3 Å². The minimum absolute atomic E-state index is 0.0371. The van der Waals surface area contributed by atoms with Crippen molar-refractivity contribution in [2.75, 3.05) is 24.6 Å². The Morgan fingerprint density at radius 1 is 1.43 bits per heavy atom. The molecule has 1 aromatic heterocycles. The lowest BCUT2D eigenvalue weighted by Crippen LogP contribution is -2.45. The summed E-state index contributed by atoms with van der Waals surface area (Å²) in [5.41, 5.74) is 1.07. The Labute approximate surface area is 137 Å². The summed E-state index contributed by atoms with van der Waals surface area (Å²) in [5, 5.41) is 5.88. The summed E-state index contributed by atoms with van der Waals surface area (Å²) in [7, 11) is 0. The van der Waals surface area contributed by atoms with E-state index in [0.717, 1.165) is 43.9 Å². The fourth-order valence-corrected chi connectivity index (χ4v) is 3.22. The molecule has 2 N–H and O–H groups in total. The molecule has 126 valence electrons. The number of rotatable bonds is 5. The van der Waals surface area contributed by atoms with Crippen LogP contribution in [-0.4, -0.2) is 42.9 Å². The van der Waals surface area contributed by atoms with Crippen LogP contribution in [0.4, 0.5) is 10.6 Å². The highest BCUT2D eigenvalue weighted by molar-refractivity contribution is 5.74. The van der Waals surface area contributed by atoms with Crippen molar-refractivity contribution in [1.82, 2.24) is 15.6 Å². The van der Waals surface area contributed by atoms with E-state index in [4.69, 9.17) is 4.74 Å². The number of ether oxygens (including phenoxy) is 1. The van der Waals surface area contributed by atoms with Crippen molar-refractivity contribution >= 4 is 11.8 Å². The van der Waals surface area contributed by atoms with E-state index in [2.05, 4.69) is 26.6 Å². The predicted molar refractivity (Wildman–Crippen MR) is 89.5 cm³/mol. The molecular formula is C17H26N4O2. The van der Waals surface area contributed by atoms with Crippen LogP contribution in [0.15, 0.2) is 18.3 Å². The molecular weight excluding hydrogens is 292 g/mol. The number of aromatic nitrogens is 1. The van der Waals surface area contributed by atoms with Crippen LogP contribution in [0, 0.1) is 0 Å². The number of nitrogens with zero attached hydrogens (tertiary/aromatic N) is 2. The summed E-state index contributed by atoms with van der Waals surface area (Å²) in [6, 6.07) is 3.90. The van der Waals surface area contributed by atoms with Crippen molar-refractivity contribution in [3.63, 3.8) is 0 Å². The smallest absolute Gasteiger partial charge is 0.315 e. The average molecular weight is 318 g/mol. The number of carbonyl (C=O) groups excluding carboxylic acids is 1. The third kappa shape index (κ3) is 4.34. The first kappa shape index (κ1) is 16.1. The van der Waals surface area contributed by atoms with Crippen molar-refractivity contribution in [3.05, 3.63) is 23.9 Å². The van der Waals surface area contributed by atoms with Crippen LogP contribution in [0.5, 0.6) is 0 Å². The lowest BCUT2D eigenvalue weighted by atomic mass is 10.1. The molecule has 2 amide bonds. The number of hydrogen-bond acceptors (Lipinski definition) is 4. The molecule has 2 atom stereocenters. The van der Waals surface area contributed by atoms with Gasteiger partial charge in [0.25, 0.3) is 0 Å². The van der Waals surface area contributed by atoms with Crippen molar-refractivity contribution < 1.29 is 9.53 Å². The van der Waals surface area contributed by atoms with Crippen molar-refractivity contribution in [1.29, 1.82) is 0 Å². The summed E-state index contributed by atoms with van der Waals surface area (Å²) in [4.78, 5) is 18.7. The van der Waals surface area contributed by atoms with Gasteiger partial charge in [-0.05, 0) is 50.3 Å². The van der Waals surface area contributed by atoms with E-state index in [0.29, 0.717) is 6.54 Å². The second-order valence-corrected chi connectivity index (χ2v) is 6.38. The summed E-state index contributed by atoms with van der Waals surface area (Å²) in [6.07, 6.45) is 6.52. The molecule has 2 aliphatic heterocycles. The number of pyridine rings is 1.